The molecule has 0 bridgehead atoms. The molecule has 0 saturated carbocycles. The van der Waals surface area contributed by atoms with Crippen LogP contribution in [0.4, 0.5) is 11.4 Å². The molecule has 4 N–H and O–H groups in total. The number of hydrogen-bond acceptors (Lipinski definition) is 4. The zero-order chi connectivity index (χ0) is 10.7. The molecule has 1 aromatic rings. The van der Waals surface area contributed by atoms with E-state index in [1.165, 1.54) is 12.1 Å². The Morgan fingerprint density at radius 3 is 2.29 bits per heavy atom. The third kappa shape index (κ3) is 1.86. The van der Waals surface area contributed by atoms with E-state index in [4.69, 9.17) is 16.7 Å². The van der Waals surface area contributed by atoms with Gasteiger partial charge in [-0.3, -0.25) is 4.79 Å². The summed E-state index contributed by atoms with van der Waals surface area (Å²) >= 11 is 3.03. The van der Waals surface area contributed by atoms with E-state index in [0.29, 0.717) is 5.56 Å². The first kappa shape index (κ1) is 10.5. The minimum atomic E-state index is -0.190. The number of carbonyl (C=O) groups excluding carboxylic acids is 1. The van der Waals surface area contributed by atoms with Gasteiger partial charge >= 0.3 is 0 Å². The van der Waals surface area contributed by atoms with Crippen LogP contribution in [0.2, 0.25) is 0 Å². The van der Waals surface area contributed by atoms with Gasteiger partial charge in [-0.05, 0) is 12.1 Å². The van der Waals surface area contributed by atoms with Gasteiger partial charge in [0, 0.05) is 11.4 Å². The highest BCUT2D eigenvalue weighted by Gasteiger charge is 2.13. The number of nitrogens with two attached hydrogens (primary N) is 2. The number of nitrogen functional groups attached to an aromatic ring is 2. The molecule has 4 nitrogen and oxygen atoms in total. The van der Waals surface area contributed by atoms with Crippen molar-refractivity contribution in [3.63, 3.8) is 0 Å². The highest BCUT2D eigenvalue weighted by atomic mass is 79.9. The maximum absolute atomic E-state index is 11.4. The van der Waals surface area contributed by atoms with Crippen molar-refractivity contribution in [2.75, 3.05) is 16.8 Å². The molecular weight excluding hydrogens is 246 g/mol. The number of alkyl halides is 1. The van der Waals surface area contributed by atoms with Gasteiger partial charge < -0.3 is 11.5 Å². The summed E-state index contributed by atoms with van der Waals surface area (Å²) in [5, 5.41) is 8.78. The number of ketones is 1. The van der Waals surface area contributed by atoms with Gasteiger partial charge in [-0.1, -0.05) is 15.9 Å². The highest BCUT2D eigenvalue weighted by Crippen LogP contribution is 2.22. The molecule has 0 amide bonds. The Bertz CT molecular complexity index is 400. The van der Waals surface area contributed by atoms with E-state index in [2.05, 4.69) is 15.9 Å². The molecule has 0 unspecified atom stereocenters. The van der Waals surface area contributed by atoms with Crippen LogP contribution in [0.3, 0.4) is 0 Å². The van der Waals surface area contributed by atoms with E-state index in [1.807, 2.05) is 6.07 Å². The van der Waals surface area contributed by atoms with Crippen molar-refractivity contribution in [1.82, 2.24) is 0 Å². The lowest BCUT2D eigenvalue weighted by Crippen LogP contribution is -2.09. The van der Waals surface area contributed by atoms with Gasteiger partial charge in [-0.2, -0.15) is 5.26 Å². The smallest absolute Gasteiger partial charge is 0.177 e. The molecule has 0 aliphatic carbocycles. The van der Waals surface area contributed by atoms with Crippen LogP contribution in [0.25, 0.3) is 0 Å². The lowest BCUT2D eigenvalue weighted by atomic mass is 10.0. The van der Waals surface area contributed by atoms with Crippen LogP contribution in [0.5, 0.6) is 0 Å². The number of rotatable bonds is 2. The Balaban J connectivity index is 3.34. The molecule has 0 aliphatic rings. The summed E-state index contributed by atoms with van der Waals surface area (Å²) in [6.07, 6.45) is 0. The highest BCUT2D eigenvalue weighted by molar-refractivity contribution is 9.09. The van der Waals surface area contributed by atoms with E-state index >= 15 is 0 Å². The van der Waals surface area contributed by atoms with Crippen molar-refractivity contribution in [3.8, 4) is 6.07 Å². The zero-order valence-corrected chi connectivity index (χ0v) is 8.84. The molecule has 72 valence electrons. The number of hydrogen-bond donors (Lipinski definition) is 2. The lowest BCUT2D eigenvalue weighted by Gasteiger charge is -2.06. The number of nitriles is 1. The first-order chi connectivity index (χ1) is 6.60. The molecule has 0 radical (unpaired) electrons. The SMILES string of the molecule is N#Cc1cc(N)c(C(=O)CBr)c(N)c1. The molecule has 0 atom stereocenters. The Kier molecular flexibility index (Phi) is 3.10. The molecular formula is C9H8BrN3O. The molecule has 1 rings (SSSR count). The normalized spacial score (nSPS) is 9.43. The molecule has 14 heavy (non-hydrogen) atoms. The van der Waals surface area contributed by atoms with Gasteiger partial charge in [0.15, 0.2) is 5.78 Å². The minimum Gasteiger partial charge on any atom is -0.398 e. The first-order valence-electron chi connectivity index (χ1n) is 3.78. The second-order valence-corrected chi connectivity index (χ2v) is 3.26. The summed E-state index contributed by atoms with van der Waals surface area (Å²) in [5.74, 6) is -0.190. The van der Waals surface area contributed by atoms with Crippen LogP contribution in [0.1, 0.15) is 15.9 Å². The van der Waals surface area contributed by atoms with Gasteiger partial charge in [0.1, 0.15) is 0 Å². The van der Waals surface area contributed by atoms with Crippen LogP contribution in [-0.2, 0) is 0 Å². The van der Waals surface area contributed by atoms with Crippen LogP contribution < -0.4 is 11.5 Å². The van der Waals surface area contributed by atoms with Crippen molar-refractivity contribution < 1.29 is 4.79 Å². The average molecular weight is 254 g/mol. The van der Waals surface area contributed by atoms with E-state index in [1.54, 1.807) is 0 Å². The molecule has 0 fully saturated rings. The molecule has 5 heteroatoms. The Labute approximate surface area is 89.6 Å². The predicted octanol–water partition coefficient (Wildman–Crippen LogP) is 1.30. The first-order valence-corrected chi connectivity index (χ1v) is 4.90. The summed E-state index contributed by atoms with van der Waals surface area (Å²) < 4.78 is 0. The lowest BCUT2D eigenvalue weighted by molar-refractivity contribution is 0.102. The average Bonchev–Trinajstić information content (AvgIpc) is 2.16. The maximum Gasteiger partial charge on any atom is 0.177 e. The third-order valence-electron chi connectivity index (χ3n) is 1.73. The third-order valence-corrected chi connectivity index (χ3v) is 2.24. The van der Waals surface area contributed by atoms with Gasteiger partial charge in [0.25, 0.3) is 0 Å². The van der Waals surface area contributed by atoms with Gasteiger partial charge in [0.05, 0.1) is 22.5 Å². The standard InChI is InChI=1S/C9H8BrN3O/c10-3-8(14)9-6(12)1-5(4-11)2-7(9)13/h1-2H,3,12-13H2. The van der Waals surface area contributed by atoms with Crippen LogP contribution in [0, 0.1) is 11.3 Å². The summed E-state index contributed by atoms with van der Waals surface area (Å²) in [6.45, 7) is 0. The number of halogens is 1. The summed E-state index contributed by atoms with van der Waals surface area (Å²) in [5.41, 5.74) is 12.3. The van der Waals surface area contributed by atoms with Crippen molar-refractivity contribution in [1.29, 1.82) is 5.26 Å². The van der Waals surface area contributed by atoms with Crippen LogP contribution >= 0.6 is 15.9 Å². The molecule has 1 aromatic carbocycles. The zero-order valence-electron chi connectivity index (χ0n) is 7.25. The summed E-state index contributed by atoms with van der Waals surface area (Å²) in [6, 6.07) is 4.78. The van der Waals surface area contributed by atoms with Crippen molar-refractivity contribution in [2.45, 2.75) is 0 Å². The minimum absolute atomic E-state index is 0.160. The fraction of sp³-hybridized carbons (Fsp3) is 0.111. The largest absolute Gasteiger partial charge is 0.398 e. The topological polar surface area (TPSA) is 92.9 Å². The van der Waals surface area contributed by atoms with Gasteiger partial charge in [-0.25, -0.2) is 0 Å². The van der Waals surface area contributed by atoms with Gasteiger partial charge in [0.2, 0.25) is 0 Å². The van der Waals surface area contributed by atoms with Crippen molar-refractivity contribution >= 4 is 33.1 Å². The number of Topliss-reactive ketones (excluding diaryl/α,β-unsaturated/α-hetero) is 1. The Morgan fingerprint density at radius 1 is 1.43 bits per heavy atom. The number of nitrogens with zero attached hydrogens (tertiary/aromatic N) is 1. The summed E-state index contributed by atoms with van der Waals surface area (Å²) in [4.78, 5) is 11.4. The van der Waals surface area contributed by atoms with E-state index in [-0.39, 0.29) is 28.1 Å². The fourth-order valence-electron chi connectivity index (χ4n) is 1.14. The maximum atomic E-state index is 11.4. The van der Waals surface area contributed by atoms with E-state index in [9.17, 15) is 4.79 Å². The van der Waals surface area contributed by atoms with Gasteiger partial charge in [-0.15, -0.1) is 0 Å². The van der Waals surface area contributed by atoms with E-state index in [0.717, 1.165) is 0 Å². The number of benzene rings is 1. The monoisotopic (exact) mass is 253 g/mol. The molecule has 0 spiro atoms. The molecule has 0 aromatic heterocycles. The van der Waals surface area contributed by atoms with E-state index < -0.39 is 0 Å². The fourth-order valence-corrected chi connectivity index (χ4v) is 1.42. The molecule has 0 saturated heterocycles. The van der Waals surface area contributed by atoms with Crippen molar-refractivity contribution in [3.05, 3.63) is 23.3 Å². The Hall–Kier alpha value is -1.54. The second kappa shape index (κ2) is 4.11. The second-order valence-electron chi connectivity index (χ2n) is 2.70. The molecule has 0 heterocycles. The molecule has 0 aliphatic heterocycles. The Morgan fingerprint density at radius 2 is 1.93 bits per heavy atom. The predicted molar refractivity (Wildman–Crippen MR) is 58.1 cm³/mol. The van der Waals surface area contributed by atoms with Crippen LogP contribution in [-0.4, -0.2) is 11.1 Å². The van der Waals surface area contributed by atoms with Crippen molar-refractivity contribution in [2.24, 2.45) is 0 Å². The van der Waals surface area contributed by atoms with Crippen LogP contribution in [0.15, 0.2) is 12.1 Å². The number of anilines is 2. The quantitative estimate of drug-likeness (QED) is 0.472. The summed E-state index contributed by atoms with van der Waals surface area (Å²) in [7, 11) is 0. The number of carbonyl (C=O) groups is 1.